The monoisotopic (exact) mass is 386 g/mol. The number of nitrogens with one attached hydrogen (secondary N) is 1. The number of aromatic nitrogens is 1. The average Bonchev–Trinajstić information content (AvgIpc) is 2.77. The number of fused-ring (bicyclic) bond motifs is 1. The highest BCUT2D eigenvalue weighted by Crippen LogP contribution is 2.55. The zero-order chi connectivity index (χ0) is 18.9. The third kappa shape index (κ3) is 3.12. The van der Waals surface area contributed by atoms with Crippen LogP contribution in [0.15, 0.2) is 78.0 Å². The SMILES string of the molecule is O=C(CSc1ccncc1)NC[C@@H]1CC2c3ccccc3C1c1ccccc12. The summed E-state index contributed by atoms with van der Waals surface area (Å²) in [7, 11) is 0. The largest absolute Gasteiger partial charge is 0.355 e. The predicted octanol–water partition coefficient (Wildman–Crippen LogP) is 4.59. The summed E-state index contributed by atoms with van der Waals surface area (Å²) in [6.07, 6.45) is 4.62. The zero-order valence-electron chi connectivity index (χ0n) is 15.5. The highest BCUT2D eigenvalue weighted by Gasteiger charge is 2.42. The van der Waals surface area contributed by atoms with E-state index in [9.17, 15) is 4.79 Å². The molecule has 3 nitrogen and oxygen atoms in total. The number of rotatable bonds is 5. The maximum atomic E-state index is 12.4. The lowest BCUT2D eigenvalue weighted by atomic mass is 9.59. The summed E-state index contributed by atoms with van der Waals surface area (Å²) < 4.78 is 0. The quantitative estimate of drug-likeness (QED) is 0.652. The second-order valence-electron chi connectivity index (χ2n) is 7.56. The molecule has 1 amide bonds. The lowest BCUT2D eigenvalue weighted by molar-refractivity contribution is -0.118. The lowest BCUT2D eigenvalue weighted by Gasteiger charge is -2.45. The van der Waals surface area contributed by atoms with Gasteiger partial charge in [0, 0.05) is 35.7 Å². The summed E-state index contributed by atoms with van der Waals surface area (Å²) in [5.74, 6) is 1.82. The van der Waals surface area contributed by atoms with Gasteiger partial charge in [-0.25, -0.2) is 0 Å². The molecule has 0 saturated heterocycles. The first-order valence-corrected chi connectivity index (χ1v) is 10.8. The molecule has 0 saturated carbocycles. The maximum absolute atomic E-state index is 12.4. The molecule has 0 fully saturated rings. The highest BCUT2D eigenvalue weighted by molar-refractivity contribution is 8.00. The molecule has 140 valence electrons. The van der Waals surface area contributed by atoms with Crippen LogP contribution in [0.25, 0.3) is 0 Å². The van der Waals surface area contributed by atoms with E-state index in [-0.39, 0.29) is 5.91 Å². The van der Waals surface area contributed by atoms with Gasteiger partial charge in [-0.1, -0.05) is 48.5 Å². The van der Waals surface area contributed by atoms with Crippen LogP contribution < -0.4 is 5.32 Å². The van der Waals surface area contributed by atoms with Gasteiger partial charge in [0.2, 0.25) is 5.91 Å². The minimum absolute atomic E-state index is 0.102. The van der Waals surface area contributed by atoms with Crippen molar-refractivity contribution in [2.75, 3.05) is 12.3 Å². The van der Waals surface area contributed by atoms with E-state index in [1.165, 1.54) is 22.3 Å². The van der Waals surface area contributed by atoms with E-state index in [1.54, 1.807) is 24.2 Å². The number of nitrogens with zero attached hydrogens (tertiary/aromatic N) is 1. The number of amides is 1. The number of pyridine rings is 1. The Morgan fingerprint density at radius 2 is 1.54 bits per heavy atom. The van der Waals surface area contributed by atoms with Gasteiger partial charge < -0.3 is 5.32 Å². The number of carbonyl (C=O) groups excluding carboxylic acids is 1. The molecule has 1 atom stereocenters. The van der Waals surface area contributed by atoms with Crippen molar-refractivity contribution in [2.45, 2.75) is 23.2 Å². The van der Waals surface area contributed by atoms with Gasteiger partial charge in [-0.05, 0) is 46.7 Å². The zero-order valence-corrected chi connectivity index (χ0v) is 16.4. The molecule has 2 bridgehead atoms. The van der Waals surface area contributed by atoms with Crippen LogP contribution in [0.5, 0.6) is 0 Å². The van der Waals surface area contributed by atoms with Crippen molar-refractivity contribution < 1.29 is 4.79 Å². The second-order valence-corrected chi connectivity index (χ2v) is 8.61. The lowest BCUT2D eigenvalue weighted by Crippen LogP contribution is -2.39. The summed E-state index contributed by atoms with van der Waals surface area (Å²) in [6.45, 7) is 0.736. The molecule has 3 aliphatic carbocycles. The van der Waals surface area contributed by atoms with E-state index in [0.29, 0.717) is 23.5 Å². The fourth-order valence-electron chi connectivity index (χ4n) is 4.84. The van der Waals surface area contributed by atoms with Gasteiger partial charge in [-0.15, -0.1) is 11.8 Å². The Hall–Kier alpha value is -2.59. The average molecular weight is 387 g/mol. The maximum Gasteiger partial charge on any atom is 0.230 e. The molecule has 6 rings (SSSR count). The van der Waals surface area contributed by atoms with Crippen molar-refractivity contribution in [3.8, 4) is 0 Å². The first-order valence-electron chi connectivity index (χ1n) is 9.78. The fraction of sp³-hybridized carbons (Fsp3) is 0.250. The van der Waals surface area contributed by atoms with Gasteiger partial charge in [-0.2, -0.15) is 0 Å². The van der Waals surface area contributed by atoms with Crippen LogP contribution in [-0.4, -0.2) is 23.2 Å². The van der Waals surface area contributed by atoms with Crippen molar-refractivity contribution in [3.05, 3.63) is 95.3 Å². The van der Waals surface area contributed by atoms with Crippen LogP contribution in [-0.2, 0) is 4.79 Å². The van der Waals surface area contributed by atoms with Gasteiger partial charge in [0.15, 0.2) is 0 Å². The Kier molecular flexibility index (Phi) is 4.65. The van der Waals surface area contributed by atoms with Crippen molar-refractivity contribution in [1.29, 1.82) is 0 Å². The smallest absolute Gasteiger partial charge is 0.230 e. The molecule has 1 aromatic heterocycles. The standard InChI is InChI=1S/C24H22N2OS/c27-23(15-28-17-9-11-25-12-10-17)26-14-16-13-22-18-5-1-3-7-20(18)24(16)21-8-4-2-6-19(21)22/h1-12,16,22,24H,13-15H2,(H,26,27)/t16-,22?,24?/m0/s1. The summed E-state index contributed by atoms with van der Waals surface area (Å²) >= 11 is 1.56. The topological polar surface area (TPSA) is 42.0 Å². The van der Waals surface area contributed by atoms with Gasteiger partial charge in [0.1, 0.15) is 0 Å². The minimum atomic E-state index is 0.102. The third-order valence-corrected chi connectivity index (χ3v) is 7.02. The first kappa shape index (κ1) is 17.5. The molecule has 3 aliphatic rings. The molecule has 3 aromatic rings. The van der Waals surface area contributed by atoms with Gasteiger partial charge in [0.05, 0.1) is 5.75 Å². The molecule has 0 spiro atoms. The van der Waals surface area contributed by atoms with Gasteiger partial charge in [-0.3, -0.25) is 9.78 Å². The Balaban J connectivity index is 1.30. The second kappa shape index (κ2) is 7.44. The minimum Gasteiger partial charge on any atom is -0.355 e. The van der Waals surface area contributed by atoms with E-state index in [2.05, 4.69) is 58.8 Å². The van der Waals surface area contributed by atoms with Crippen molar-refractivity contribution in [1.82, 2.24) is 10.3 Å². The van der Waals surface area contributed by atoms with E-state index in [4.69, 9.17) is 0 Å². The van der Waals surface area contributed by atoms with Crippen molar-refractivity contribution >= 4 is 17.7 Å². The molecule has 1 heterocycles. The van der Waals surface area contributed by atoms with Crippen molar-refractivity contribution in [3.63, 3.8) is 0 Å². The van der Waals surface area contributed by atoms with Crippen LogP contribution in [0.1, 0.15) is 40.5 Å². The number of benzene rings is 2. The molecule has 0 unspecified atom stereocenters. The van der Waals surface area contributed by atoms with Crippen LogP contribution >= 0.6 is 11.8 Å². The number of carbonyl (C=O) groups is 1. The van der Waals surface area contributed by atoms with E-state index in [1.807, 2.05) is 12.1 Å². The summed E-state index contributed by atoms with van der Waals surface area (Å²) in [4.78, 5) is 17.5. The molecular formula is C24H22N2OS. The third-order valence-electron chi connectivity index (χ3n) is 6.00. The Morgan fingerprint density at radius 1 is 0.929 bits per heavy atom. The molecule has 0 radical (unpaired) electrons. The van der Waals surface area contributed by atoms with Crippen LogP contribution in [0.3, 0.4) is 0 Å². The van der Waals surface area contributed by atoms with Gasteiger partial charge in [0.25, 0.3) is 0 Å². The number of hydrogen-bond acceptors (Lipinski definition) is 3. The first-order chi connectivity index (χ1) is 13.8. The van der Waals surface area contributed by atoms with Crippen LogP contribution in [0, 0.1) is 5.92 Å². The van der Waals surface area contributed by atoms with Crippen LogP contribution in [0.4, 0.5) is 0 Å². The number of thioether (sulfide) groups is 1. The Morgan fingerprint density at radius 3 is 2.18 bits per heavy atom. The fourth-order valence-corrected chi connectivity index (χ4v) is 5.55. The van der Waals surface area contributed by atoms with Crippen molar-refractivity contribution in [2.24, 2.45) is 5.92 Å². The normalized spacial score (nSPS) is 21.6. The molecule has 0 aliphatic heterocycles. The summed E-state index contributed by atoms with van der Waals surface area (Å²) in [6, 6.07) is 21.6. The molecule has 4 heteroatoms. The molecule has 1 N–H and O–H groups in total. The molecule has 28 heavy (non-hydrogen) atoms. The molecular weight excluding hydrogens is 364 g/mol. The number of hydrogen-bond donors (Lipinski definition) is 1. The van der Waals surface area contributed by atoms with E-state index < -0.39 is 0 Å². The highest BCUT2D eigenvalue weighted by atomic mass is 32.2. The Labute approximate surface area is 169 Å². The summed E-state index contributed by atoms with van der Waals surface area (Å²) in [5.41, 5.74) is 5.84. The predicted molar refractivity (Wildman–Crippen MR) is 113 cm³/mol. The summed E-state index contributed by atoms with van der Waals surface area (Å²) in [5, 5.41) is 3.19. The van der Waals surface area contributed by atoms with Gasteiger partial charge >= 0.3 is 0 Å². The van der Waals surface area contributed by atoms with E-state index in [0.717, 1.165) is 17.9 Å². The Bertz CT molecular complexity index is 957. The molecule has 2 aromatic carbocycles. The van der Waals surface area contributed by atoms with Crippen LogP contribution in [0.2, 0.25) is 0 Å². The van der Waals surface area contributed by atoms with E-state index >= 15 is 0 Å².